The second-order valence-corrected chi connectivity index (χ2v) is 14.4. The monoisotopic (exact) mass is 679 g/mol. The maximum atomic E-state index is 2.43. The molecule has 0 aliphatic carbocycles. The molecule has 0 atom stereocenters. The van der Waals surface area contributed by atoms with E-state index in [2.05, 4.69) is 205 Å². The molecule has 0 saturated carbocycles. The van der Waals surface area contributed by atoms with Crippen molar-refractivity contribution in [2.45, 2.75) is 0 Å². The molecular formula is C50H33NS. The lowest BCUT2D eigenvalue weighted by Crippen LogP contribution is -2.10. The molecule has 0 spiro atoms. The summed E-state index contributed by atoms with van der Waals surface area (Å²) in [7, 11) is 0. The fraction of sp³-hybridized carbons (Fsp3) is 0. The van der Waals surface area contributed by atoms with Gasteiger partial charge in [-0.25, -0.2) is 0 Å². The molecule has 244 valence electrons. The van der Waals surface area contributed by atoms with Gasteiger partial charge in [0.15, 0.2) is 0 Å². The number of fused-ring (bicyclic) bond motifs is 6. The van der Waals surface area contributed by atoms with Crippen LogP contribution >= 0.6 is 11.3 Å². The summed E-state index contributed by atoms with van der Waals surface area (Å²) in [6.07, 6.45) is 0. The summed E-state index contributed by atoms with van der Waals surface area (Å²) < 4.78 is 2.61. The van der Waals surface area contributed by atoms with Crippen molar-refractivity contribution in [2.75, 3.05) is 4.90 Å². The molecule has 2 heteroatoms. The molecule has 0 aliphatic rings. The van der Waals surface area contributed by atoms with Gasteiger partial charge in [0.25, 0.3) is 0 Å². The van der Waals surface area contributed by atoms with Gasteiger partial charge in [-0.1, -0.05) is 152 Å². The number of thiophene rings is 1. The van der Waals surface area contributed by atoms with E-state index in [4.69, 9.17) is 0 Å². The van der Waals surface area contributed by atoms with Gasteiger partial charge >= 0.3 is 0 Å². The van der Waals surface area contributed by atoms with Crippen molar-refractivity contribution < 1.29 is 0 Å². The Balaban J connectivity index is 1.28. The molecule has 0 radical (unpaired) electrons. The molecule has 0 bridgehead atoms. The van der Waals surface area contributed by atoms with Crippen molar-refractivity contribution >= 4 is 70.1 Å². The van der Waals surface area contributed by atoms with E-state index in [0.717, 1.165) is 17.1 Å². The Bertz CT molecular complexity index is 2890. The van der Waals surface area contributed by atoms with Crippen molar-refractivity contribution in [3.8, 4) is 33.4 Å². The Labute approximate surface area is 307 Å². The van der Waals surface area contributed by atoms with E-state index in [0.29, 0.717) is 0 Å². The maximum Gasteiger partial charge on any atom is 0.0468 e. The van der Waals surface area contributed by atoms with E-state index in [9.17, 15) is 0 Å². The zero-order valence-corrected chi connectivity index (χ0v) is 29.2. The quantitative estimate of drug-likeness (QED) is 0.158. The van der Waals surface area contributed by atoms with Crippen molar-refractivity contribution in [1.29, 1.82) is 0 Å². The lowest BCUT2D eigenvalue weighted by molar-refractivity contribution is 1.30. The first-order valence-corrected chi connectivity index (χ1v) is 18.6. The summed E-state index contributed by atoms with van der Waals surface area (Å²) in [5, 5.41) is 7.57. The standard InChI is InChI=1S/C50H33NS/c1-4-15-34(16-5-1)37-21-14-22-38(31-37)51(40-28-30-48-45(32-40)43-24-12-13-26-47(43)52-48)39-27-29-42-41-23-10-11-25-44(41)49(35-17-6-2-7-18-35)50(46(42)33-39)36-19-8-3-9-20-36/h1-33H. The topological polar surface area (TPSA) is 3.24 Å². The third-order valence-electron chi connectivity index (χ3n) is 10.2. The van der Waals surface area contributed by atoms with Gasteiger partial charge in [-0.3, -0.25) is 0 Å². The minimum absolute atomic E-state index is 1.11. The van der Waals surface area contributed by atoms with E-state index in [1.54, 1.807) is 0 Å². The molecule has 0 unspecified atom stereocenters. The van der Waals surface area contributed by atoms with Gasteiger partial charge in [0.05, 0.1) is 0 Å². The smallest absolute Gasteiger partial charge is 0.0468 e. The molecule has 52 heavy (non-hydrogen) atoms. The Morgan fingerprint density at radius 1 is 0.269 bits per heavy atom. The van der Waals surface area contributed by atoms with Gasteiger partial charge in [0.2, 0.25) is 0 Å². The number of nitrogens with zero attached hydrogens (tertiary/aromatic N) is 1. The molecule has 9 aromatic carbocycles. The average molecular weight is 680 g/mol. The summed E-state index contributed by atoms with van der Waals surface area (Å²) in [5.74, 6) is 0. The number of rotatable bonds is 6. The first-order chi connectivity index (χ1) is 25.8. The zero-order valence-electron chi connectivity index (χ0n) is 28.4. The summed E-state index contributed by atoms with van der Waals surface area (Å²) in [4.78, 5) is 2.43. The van der Waals surface area contributed by atoms with Crippen LogP contribution in [0.4, 0.5) is 17.1 Å². The van der Waals surface area contributed by atoms with E-state index in [-0.39, 0.29) is 0 Å². The Morgan fingerprint density at radius 2 is 0.750 bits per heavy atom. The molecule has 10 rings (SSSR count). The summed E-state index contributed by atoms with van der Waals surface area (Å²) >= 11 is 1.86. The second-order valence-electron chi connectivity index (χ2n) is 13.3. The SMILES string of the molecule is c1ccc(-c2cccc(N(c3ccc4c(c3)c(-c3ccccc3)c(-c3ccccc3)c3ccccc34)c3ccc4sc5ccccc5c4c3)c2)cc1. The highest BCUT2D eigenvalue weighted by Crippen LogP contribution is 2.47. The summed E-state index contributed by atoms with van der Waals surface area (Å²) in [5.41, 5.74) is 10.7. The van der Waals surface area contributed by atoms with Crippen LogP contribution in [-0.4, -0.2) is 0 Å². The molecule has 0 amide bonds. The van der Waals surface area contributed by atoms with Crippen molar-refractivity contribution in [1.82, 2.24) is 0 Å². The average Bonchev–Trinajstić information content (AvgIpc) is 3.59. The largest absolute Gasteiger partial charge is 0.310 e. The van der Waals surface area contributed by atoms with Crippen LogP contribution in [0, 0.1) is 0 Å². The highest BCUT2D eigenvalue weighted by molar-refractivity contribution is 7.25. The van der Waals surface area contributed by atoms with E-state index < -0.39 is 0 Å². The van der Waals surface area contributed by atoms with Crippen molar-refractivity contribution in [3.63, 3.8) is 0 Å². The molecule has 0 fully saturated rings. The second kappa shape index (κ2) is 12.7. The van der Waals surface area contributed by atoms with Crippen LogP contribution in [-0.2, 0) is 0 Å². The van der Waals surface area contributed by atoms with Gasteiger partial charge in [0, 0.05) is 37.2 Å². The van der Waals surface area contributed by atoms with Crippen LogP contribution in [0.1, 0.15) is 0 Å². The third kappa shape index (κ3) is 5.16. The number of anilines is 3. The fourth-order valence-electron chi connectivity index (χ4n) is 7.88. The van der Waals surface area contributed by atoms with E-state index in [1.165, 1.54) is 75.1 Å². The van der Waals surface area contributed by atoms with Crippen LogP contribution in [0.2, 0.25) is 0 Å². The van der Waals surface area contributed by atoms with Crippen LogP contribution in [0.3, 0.4) is 0 Å². The highest BCUT2D eigenvalue weighted by Gasteiger charge is 2.21. The highest BCUT2D eigenvalue weighted by atomic mass is 32.1. The first kappa shape index (κ1) is 30.4. The van der Waals surface area contributed by atoms with Crippen molar-refractivity contribution in [2.24, 2.45) is 0 Å². The van der Waals surface area contributed by atoms with Crippen LogP contribution in [0.25, 0.3) is 75.1 Å². The van der Waals surface area contributed by atoms with Gasteiger partial charge in [0.1, 0.15) is 0 Å². The predicted octanol–water partition coefficient (Wildman–Crippen LogP) is 14.8. The number of hydrogen-bond acceptors (Lipinski definition) is 2. The Kier molecular flexibility index (Phi) is 7.41. The third-order valence-corrected chi connectivity index (χ3v) is 11.4. The molecule has 1 aromatic heterocycles. The number of benzene rings is 9. The molecule has 0 aliphatic heterocycles. The Morgan fingerprint density at radius 3 is 1.46 bits per heavy atom. The molecule has 0 N–H and O–H groups in total. The molecule has 1 nitrogen and oxygen atoms in total. The normalized spacial score (nSPS) is 11.5. The Hall–Kier alpha value is -6.48. The van der Waals surface area contributed by atoms with Gasteiger partial charge in [-0.05, 0) is 103 Å². The van der Waals surface area contributed by atoms with Crippen LogP contribution in [0.5, 0.6) is 0 Å². The molecular weight excluding hydrogens is 647 g/mol. The number of hydrogen-bond donors (Lipinski definition) is 0. The first-order valence-electron chi connectivity index (χ1n) is 17.8. The molecule has 10 aromatic rings. The van der Waals surface area contributed by atoms with Gasteiger partial charge in [-0.15, -0.1) is 11.3 Å². The van der Waals surface area contributed by atoms with Gasteiger partial charge in [-0.2, -0.15) is 0 Å². The predicted molar refractivity (Wildman–Crippen MR) is 225 cm³/mol. The lowest BCUT2D eigenvalue weighted by atomic mass is 9.85. The van der Waals surface area contributed by atoms with E-state index >= 15 is 0 Å². The molecule has 0 saturated heterocycles. The summed E-state index contributed by atoms with van der Waals surface area (Å²) in [6.45, 7) is 0. The van der Waals surface area contributed by atoms with Crippen LogP contribution < -0.4 is 4.90 Å². The minimum atomic E-state index is 1.11. The fourth-order valence-corrected chi connectivity index (χ4v) is 8.97. The van der Waals surface area contributed by atoms with E-state index in [1.807, 2.05) is 11.3 Å². The minimum Gasteiger partial charge on any atom is -0.310 e. The molecule has 1 heterocycles. The lowest BCUT2D eigenvalue weighted by Gasteiger charge is -2.27. The maximum absolute atomic E-state index is 2.43. The van der Waals surface area contributed by atoms with Crippen molar-refractivity contribution in [3.05, 3.63) is 200 Å². The summed E-state index contributed by atoms with van der Waals surface area (Å²) in [6, 6.07) is 73.0. The van der Waals surface area contributed by atoms with Gasteiger partial charge < -0.3 is 4.90 Å². The van der Waals surface area contributed by atoms with Crippen LogP contribution in [0.15, 0.2) is 200 Å². The zero-order chi connectivity index (χ0) is 34.4.